The van der Waals surface area contributed by atoms with Crippen molar-refractivity contribution in [2.24, 2.45) is 5.92 Å². The molecule has 0 aromatic rings. The van der Waals surface area contributed by atoms with Gasteiger partial charge < -0.3 is 220 Å². The lowest BCUT2D eigenvalue weighted by Gasteiger charge is -2.53. The molecule has 0 bridgehead atoms. The van der Waals surface area contributed by atoms with E-state index in [0.717, 1.165) is 105 Å². The fraction of sp³-hybridized carbons (Fsp3) is 0.918. The zero-order valence-electron chi connectivity index (χ0n) is 86.1. The van der Waals surface area contributed by atoms with Crippen molar-refractivity contribution in [1.29, 1.82) is 0 Å². The number of carbonyl (C=O) groups is 8. The minimum absolute atomic E-state index is 0.0804. The van der Waals surface area contributed by atoms with E-state index in [1.165, 1.54) is 103 Å². The normalized spacial score (nSPS) is 35.2. The molecule has 0 aromatic carbocycles. The van der Waals surface area contributed by atoms with E-state index >= 15 is 0 Å². The Hall–Kier alpha value is -5.48. The van der Waals surface area contributed by atoms with Crippen LogP contribution in [-0.4, -0.2) is 465 Å². The molecule has 3 unspecified atom stereocenters. The van der Waals surface area contributed by atoms with Crippen molar-refractivity contribution >= 4 is 47.3 Å². The summed E-state index contributed by atoms with van der Waals surface area (Å²) in [7, 11) is 0. The second kappa shape index (κ2) is 65.0. The molecular formula is C98H172N4O47. The first kappa shape index (κ1) is 130. The molecule has 0 spiro atoms. The van der Waals surface area contributed by atoms with Crippen LogP contribution in [0.3, 0.4) is 0 Å². The van der Waals surface area contributed by atoms with Gasteiger partial charge in [-0.25, -0.2) is 14.4 Å². The van der Waals surface area contributed by atoms with Crippen LogP contribution in [0.4, 0.5) is 0 Å². The summed E-state index contributed by atoms with van der Waals surface area (Å²) in [6.45, 7) is -2.06. The van der Waals surface area contributed by atoms with E-state index in [0.29, 0.717) is 12.8 Å². The number of carbonyl (C=O) groups excluding carboxylic acids is 5. The third-order valence-electron chi connectivity index (χ3n) is 28.7. The summed E-state index contributed by atoms with van der Waals surface area (Å²) in [6.07, 6.45) is -46.0. The van der Waals surface area contributed by atoms with Gasteiger partial charge in [-0.2, -0.15) is 0 Å². The zero-order valence-corrected chi connectivity index (χ0v) is 86.1. The summed E-state index contributed by atoms with van der Waals surface area (Å²) >= 11 is 0. The number of carboxylic acids is 3. The van der Waals surface area contributed by atoms with Crippen LogP contribution in [-0.2, 0) is 105 Å². The van der Waals surface area contributed by atoms with Gasteiger partial charge in [0.05, 0.1) is 108 Å². The third kappa shape index (κ3) is 37.3. The Kier molecular flexibility index (Phi) is 56.9. The molecule has 40 atom stereocenters. The van der Waals surface area contributed by atoms with Gasteiger partial charge in [0.2, 0.25) is 23.6 Å². The lowest BCUT2D eigenvalue weighted by atomic mass is 9.86. The second-order valence-corrected chi connectivity index (χ2v) is 40.6. The Morgan fingerprint density at radius 1 is 0.356 bits per heavy atom. The summed E-state index contributed by atoms with van der Waals surface area (Å²) in [6, 6.07) is -7.36. The van der Waals surface area contributed by atoms with Crippen molar-refractivity contribution in [3.8, 4) is 0 Å². The molecule has 7 saturated heterocycles. The summed E-state index contributed by atoms with van der Waals surface area (Å²) in [5.74, 6) is -24.2. The molecule has 7 rings (SSSR count). The third-order valence-corrected chi connectivity index (χ3v) is 28.7. The number of ether oxygens (including phenoxy) is 14. The highest BCUT2D eigenvalue weighted by atomic mass is 16.8. The van der Waals surface area contributed by atoms with Crippen LogP contribution in [0.5, 0.6) is 0 Å². The van der Waals surface area contributed by atoms with Crippen LogP contribution >= 0.6 is 0 Å². The molecule has 51 heteroatoms. The van der Waals surface area contributed by atoms with Crippen molar-refractivity contribution in [2.45, 2.75) is 510 Å². The molecule has 0 saturated carbocycles. The van der Waals surface area contributed by atoms with Crippen LogP contribution in [0, 0.1) is 5.92 Å². The average Bonchev–Trinajstić information content (AvgIpc) is 0.744. The number of hydrogen-bond acceptors (Lipinski definition) is 44. The number of hydrogen-bond donors (Lipinski definition) is 29. The predicted octanol–water partition coefficient (Wildman–Crippen LogP) is -4.60. The Balaban J connectivity index is 1.22. The molecule has 7 aliphatic rings. The number of amides is 4. The minimum atomic E-state index is -3.81. The molecule has 7 heterocycles. The fourth-order valence-electron chi connectivity index (χ4n) is 20.4. The summed E-state index contributed by atoms with van der Waals surface area (Å²) in [4.78, 5) is 108. The van der Waals surface area contributed by atoms with E-state index in [9.17, 15) is 166 Å². The standard InChI is InChI=1S/C98H172N4O47/c1-7-9-11-13-15-17-19-21-22-23-24-26-28-30-32-34-36-38-68(119)102-56(57(114)37-35-33-31-29-27-25-20-18-16-14-12-10-8-2)50-136-90-80(128)78(126)83(66(48-108)139-90)142-92-81(129)88(84(67(49-109)140-92)143-89-55(39-51(3)110)82(74(122)63(45-105)137-89)141-91-79(127)77(125)73(121)62(44-104)138-91)149-98(95(134)135)42-60(117)71(101-54(6)113)87(148-98)76(124)65(47-107)145-97(94(132)133)41-59(116)70(100-53(5)112)86(147-97)75(123)64(46-106)144-96(93(130)131)40-58(115)69(99-52(4)111)85(146-96)72(120)61(118)43-103/h55-67,69-92,103-109,114-118,120-129H,7-50H2,1-6H3,(H,99,111)(H,100,112)(H,101,113)(H,102,119)(H,130,131)(H,132,133)(H,134,135)/t55-,56+,57-,58+,59+,60+,61-,62-,63-,64-,65-,66-,67-,69-,70-,71-,72-,73+,74+,75-,76-,77+,78-,79-,80-,81-,82-,83-,84+,85?,86?,87?,88-,89+,90-,91+,92+,96-,97-,98+/m1/s1. The van der Waals surface area contributed by atoms with Gasteiger partial charge in [-0.05, 0) is 19.8 Å². The van der Waals surface area contributed by atoms with Gasteiger partial charge >= 0.3 is 17.9 Å². The van der Waals surface area contributed by atoms with Gasteiger partial charge in [0, 0.05) is 58.8 Å². The van der Waals surface area contributed by atoms with Crippen molar-refractivity contribution in [2.75, 3.05) is 52.9 Å². The molecule has 0 aliphatic carbocycles. The molecule has 51 nitrogen and oxygen atoms in total. The smallest absolute Gasteiger partial charge is 0.364 e. The number of ketones is 1. The number of Topliss-reactive ketones (excluding diaryl/α,β-unsaturated/α-hetero) is 1. The molecule has 29 N–H and O–H groups in total. The molecule has 0 radical (unpaired) electrons. The molecule has 7 aliphatic heterocycles. The van der Waals surface area contributed by atoms with Crippen molar-refractivity contribution in [3.63, 3.8) is 0 Å². The van der Waals surface area contributed by atoms with Crippen LogP contribution in [0.1, 0.15) is 273 Å². The van der Waals surface area contributed by atoms with Gasteiger partial charge in [-0.3, -0.25) is 19.2 Å². The monoisotopic (exact) mass is 2160 g/mol. The number of aliphatic hydroxyl groups excluding tert-OH is 22. The zero-order chi connectivity index (χ0) is 110. The number of rotatable bonds is 70. The maximum atomic E-state index is 14.7. The number of nitrogens with one attached hydrogen (secondary N) is 4. The number of aliphatic carboxylic acids is 3. The molecule has 149 heavy (non-hydrogen) atoms. The maximum absolute atomic E-state index is 14.7. The predicted molar refractivity (Wildman–Crippen MR) is 512 cm³/mol. The van der Waals surface area contributed by atoms with E-state index in [1.54, 1.807) is 0 Å². The van der Waals surface area contributed by atoms with E-state index in [-0.39, 0.29) is 12.8 Å². The Bertz CT molecular complexity index is 3900. The Labute approximate surface area is 866 Å². The van der Waals surface area contributed by atoms with Crippen LogP contribution in [0.2, 0.25) is 0 Å². The van der Waals surface area contributed by atoms with Gasteiger partial charge in [-0.15, -0.1) is 0 Å². The number of unbranched alkanes of at least 4 members (excludes halogenated alkanes) is 28. The average molecular weight is 2160 g/mol. The minimum Gasteiger partial charge on any atom is -0.477 e. The van der Waals surface area contributed by atoms with Crippen LogP contribution in [0.15, 0.2) is 0 Å². The lowest BCUT2D eigenvalue weighted by Crippen LogP contribution is -2.72. The second-order valence-electron chi connectivity index (χ2n) is 40.6. The van der Waals surface area contributed by atoms with Crippen molar-refractivity contribution < 1.29 is 232 Å². The SMILES string of the molecule is CCCCCCCCCCCCCCCCCCCC(=O)N[C@@H](CO[C@@H]1O[C@H](CO)[C@@H](O[C@@H]2O[C@H](CO)[C@H](O[C@@H]3O[C@H](CO)[C@H](O)[C@H](O[C@@H]4O[C@H](CO)[C@H](O)[C@H](O)[C@H]4O)[C@H]3CC(C)=O)[C@H](O[C@]3(C(=O)O)C[C@H](O)[C@@H](NC(C)=O)C([C@H](O)[C@@H](CO)O[C@]4(C(=O)O)C[C@H](O)[C@@H](NC(C)=O)C([C@H](O)[C@@H](CO)O[C@]5(C(=O)O)C[C@H](O)[C@@H](NC(C)=O)C([C@H](O)[C@H](O)CO)O5)O4)O3)[C@H]2O)[C@H](O)[C@H]1O)[C@H](O)CCCCCCCCCCCCCCC. The first-order chi connectivity index (χ1) is 70.9. The first-order valence-electron chi connectivity index (χ1n) is 52.9. The van der Waals surface area contributed by atoms with Crippen molar-refractivity contribution in [1.82, 2.24) is 21.3 Å². The maximum Gasteiger partial charge on any atom is 0.364 e. The van der Waals surface area contributed by atoms with Crippen LogP contribution < -0.4 is 21.3 Å². The molecular weight excluding hydrogens is 1990 g/mol. The van der Waals surface area contributed by atoms with Gasteiger partial charge in [0.25, 0.3) is 17.4 Å². The van der Waals surface area contributed by atoms with Gasteiger partial charge in [-0.1, -0.05) is 200 Å². The van der Waals surface area contributed by atoms with Gasteiger partial charge in [0.1, 0.15) is 146 Å². The van der Waals surface area contributed by atoms with Gasteiger partial charge in [0.15, 0.2) is 25.2 Å². The topological polar surface area (TPSA) is 820 Å². The largest absolute Gasteiger partial charge is 0.477 e. The summed E-state index contributed by atoms with van der Waals surface area (Å²) in [5, 5.41) is 296. The molecule has 7 fully saturated rings. The Morgan fingerprint density at radius 2 is 0.705 bits per heavy atom. The summed E-state index contributed by atoms with van der Waals surface area (Å²) < 4.78 is 84.6. The number of aliphatic hydroxyl groups is 22. The Morgan fingerprint density at radius 3 is 1.11 bits per heavy atom. The van der Waals surface area contributed by atoms with Crippen molar-refractivity contribution in [3.05, 3.63) is 0 Å². The first-order valence-corrected chi connectivity index (χ1v) is 52.9. The highest BCUT2D eigenvalue weighted by Gasteiger charge is 2.66. The van der Waals surface area contributed by atoms with E-state index < -0.39 is 369 Å². The quantitative estimate of drug-likeness (QED) is 0.0255. The van der Waals surface area contributed by atoms with E-state index in [1.807, 2.05) is 0 Å². The van der Waals surface area contributed by atoms with Crippen LogP contribution in [0.25, 0.3) is 0 Å². The molecule has 0 aromatic heterocycles. The highest BCUT2D eigenvalue weighted by molar-refractivity contribution is 5.79. The molecule has 4 amide bonds. The summed E-state index contributed by atoms with van der Waals surface area (Å²) in [5.41, 5.74) is 0. The highest BCUT2D eigenvalue weighted by Crippen LogP contribution is 2.46. The number of carboxylic acid groups (broad SMARTS) is 3. The van der Waals surface area contributed by atoms with E-state index in [2.05, 4.69) is 35.1 Å². The van der Waals surface area contributed by atoms with E-state index in [4.69, 9.17) is 66.3 Å². The molecule has 866 valence electrons. The fourth-order valence-corrected chi connectivity index (χ4v) is 20.4. The lowest BCUT2D eigenvalue weighted by molar-refractivity contribution is -0.407.